The molecule has 0 spiro atoms. The summed E-state index contributed by atoms with van der Waals surface area (Å²) in [4.78, 5) is -2.09. The molecule has 1 aromatic rings. The van der Waals surface area contributed by atoms with Crippen molar-refractivity contribution in [1.82, 2.24) is 0 Å². The molecular weight excluding hydrogens is 308 g/mol. The Morgan fingerprint density at radius 1 is 1.11 bits per heavy atom. The SMILES string of the molecule is C=C(C)c1cccc(S(=O)(=O)[O-])c1S(=O)(=O)[O-].[Ca+2]. The monoisotopic (exact) mass is 316 g/mol. The number of benzene rings is 1. The third-order valence-electron chi connectivity index (χ3n) is 1.96. The molecule has 0 radical (unpaired) electrons. The van der Waals surface area contributed by atoms with E-state index < -0.39 is 30.0 Å². The number of rotatable bonds is 3. The van der Waals surface area contributed by atoms with E-state index in [2.05, 4.69) is 6.58 Å². The van der Waals surface area contributed by atoms with Gasteiger partial charge < -0.3 is 9.11 Å². The van der Waals surface area contributed by atoms with Crippen LogP contribution in [0.5, 0.6) is 0 Å². The van der Waals surface area contributed by atoms with E-state index in [9.17, 15) is 25.9 Å². The first-order valence-electron chi connectivity index (χ1n) is 4.26. The predicted molar refractivity (Wildman–Crippen MR) is 62.8 cm³/mol. The quantitative estimate of drug-likeness (QED) is 0.579. The van der Waals surface area contributed by atoms with Crippen LogP contribution >= 0.6 is 0 Å². The Hall–Kier alpha value is 0.0397. The molecule has 6 nitrogen and oxygen atoms in total. The van der Waals surface area contributed by atoms with Gasteiger partial charge in [0.05, 0.1) is 9.79 Å². The van der Waals surface area contributed by atoms with Crippen molar-refractivity contribution >= 4 is 63.5 Å². The molecule has 0 aliphatic carbocycles. The molecule has 94 valence electrons. The summed E-state index contributed by atoms with van der Waals surface area (Å²) < 4.78 is 65.7. The smallest absolute Gasteiger partial charge is 0.744 e. The molecule has 0 saturated heterocycles. The van der Waals surface area contributed by atoms with Crippen LogP contribution in [0.4, 0.5) is 0 Å². The van der Waals surface area contributed by atoms with Crippen molar-refractivity contribution in [3.63, 3.8) is 0 Å². The normalized spacial score (nSPS) is 11.7. The summed E-state index contributed by atoms with van der Waals surface area (Å²) in [6.07, 6.45) is 0. The van der Waals surface area contributed by atoms with Gasteiger partial charge in [-0.3, -0.25) is 0 Å². The fourth-order valence-corrected chi connectivity index (χ4v) is 3.33. The second-order valence-corrected chi connectivity index (χ2v) is 5.99. The van der Waals surface area contributed by atoms with E-state index >= 15 is 0 Å². The Labute approximate surface area is 135 Å². The van der Waals surface area contributed by atoms with Crippen molar-refractivity contribution in [3.05, 3.63) is 30.3 Å². The van der Waals surface area contributed by atoms with Gasteiger partial charge in [0.1, 0.15) is 20.2 Å². The molecule has 0 unspecified atom stereocenters. The van der Waals surface area contributed by atoms with Gasteiger partial charge in [-0.05, 0) is 24.1 Å². The van der Waals surface area contributed by atoms with Crippen molar-refractivity contribution in [1.29, 1.82) is 0 Å². The third-order valence-corrected chi connectivity index (χ3v) is 3.91. The zero-order valence-electron chi connectivity index (χ0n) is 9.41. The van der Waals surface area contributed by atoms with Gasteiger partial charge in [-0.1, -0.05) is 18.7 Å². The molecule has 0 aliphatic heterocycles. The van der Waals surface area contributed by atoms with Crippen LogP contribution in [0.3, 0.4) is 0 Å². The van der Waals surface area contributed by atoms with Gasteiger partial charge in [0.25, 0.3) is 0 Å². The van der Waals surface area contributed by atoms with E-state index in [0.29, 0.717) is 0 Å². The van der Waals surface area contributed by atoms with Crippen LogP contribution in [0.15, 0.2) is 34.6 Å². The fraction of sp³-hybridized carbons (Fsp3) is 0.111. The molecule has 9 heteroatoms. The molecule has 0 heterocycles. The first kappa shape index (κ1) is 18.0. The van der Waals surface area contributed by atoms with Gasteiger partial charge in [-0.15, -0.1) is 0 Å². The largest absolute Gasteiger partial charge is 2.00 e. The van der Waals surface area contributed by atoms with Crippen LogP contribution in [0, 0.1) is 0 Å². The maximum absolute atomic E-state index is 11.0. The van der Waals surface area contributed by atoms with Crippen LogP contribution in [-0.2, 0) is 20.2 Å². The predicted octanol–water partition coefficient (Wildman–Crippen LogP) is 0.147. The molecule has 0 aliphatic rings. The van der Waals surface area contributed by atoms with E-state index in [1.165, 1.54) is 19.1 Å². The summed E-state index contributed by atoms with van der Waals surface area (Å²) in [5.41, 5.74) is 0.00171. The van der Waals surface area contributed by atoms with E-state index in [0.717, 1.165) is 6.07 Å². The minimum absolute atomic E-state index is 0. The maximum atomic E-state index is 11.0. The molecule has 0 N–H and O–H groups in total. The molecule has 0 fully saturated rings. The number of hydrogen-bond acceptors (Lipinski definition) is 6. The molecule has 0 saturated carbocycles. The number of hydrogen-bond donors (Lipinski definition) is 0. The zero-order valence-corrected chi connectivity index (χ0v) is 13.3. The van der Waals surface area contributed by atoms with Crippen molar-refractivity contribution < 1.29 is 25.9 Å². The summed E-state index contributed by atoms with van der Waals surface area (Å²) in [5.74, 6) is 0. The summed E-state index contributed by atoms with van der Waals surface area (Å²) in [6, 6.07) is 3.16. The Balaban J connectivity index is 0.00000289. The van der Waals surface area contributed by atoms with Crippen molar-refractivity contribution in [2.75, 3.05) is 0 Å². The Kier molecular flexibility index (Phi) is 6.01. The molecule has 0 aromatic heterocycles. The Morgan fingerprint density at radius 2 is 1.61 bits per heavy atom. The third kappa shape index (κ3) is 4.02. The van der Waals surface area contributed by atoms with Gasteiger partial charge in [0, 0.05) is 0 Å². The number of allylic oxidation sites excluding steroid dienone is 1. The summed E-state index contributed by atoms with van der Waals surface area (Å²) in [5, 5.41) is 0. The Morgan fingerprint density at radius 3 is 1.94 bits per heavy atom. The van der Waals surface area contributed by atoms with E-state index in [4.69, 9.17) is 0 Å². The standard InChI is InChI=1S/C9H10O6S2.Ca/c1-6(2)7-4-3-5-8(16(10,11)12)9(7)17(13,14)15;/h3-5H,1H2,2H3,(H,10,11,12)(H,13,14,15);/q;+2/p-2. The van der Waals surface area contributed by atoms with Crippen LogP contribution in [0.25, 0.3) is 5.57 Å². The second-order valence-electron chi connectivity index (χ2n) is 3.32. The van der Waals surface area contributed by atoms with Gasteiger partial charge in [0.2, 0.25) is 0 Å². The summed E-state index contributed by atoms with van der Waals surface area (Å²) in [7, 11) is -10.1. The van der Waals surface area contributed by atoms with Gasteiger partial charge in [0.15, 0.2) is 0 Å². The summed E-state index contributed by atoms with van der Waals surface area (Å²) >= 11 is 0. The van der Waals surface area contributed by atoms with Crippen molar-refractivity contribution in [3.8, 4) is 0 Å². The van der Waals surface area contributed by atoms with E-state index in [1.54, 1.807) is 0 Å². The van der Waals surface area contributed by atoms with E-state index in [1.807, 2.05) is 0 Å². The van der Waals surface area contributed by atoms with Crippen LogP contribution in [-0.4, -0.2) is 63.7 Å². The first-order chi connectivity index (χ1) is 7.55. The minimum atomic E-state index is -5.08. The van der Waals surface area contributed by atoms with Gasteiger partial charge in [-0.2, -0.15) is 0 Å². The van der Waals surface area contributed by atoms with Crippen LogP contribution in [0.2, 0.25) is 0 Å². The van der Waals surface area contributed by atoms with Crippen molar-refractivity contribution in [2.24, 2.45) is 0 Å². The topological polar surface area (TPSA) is 114 Å². The molecular formula is C9H8CaO6S2. The minimum Gasteiger partial charge on any atom is -0.744 e. The second kappa shape index (κ2) is 6.00. The molecule has 1 rings (SSSR count). The average Bonchev–Trinajstić information content (AvgIpc) is 2.13. The first-order valence-corrected chi connectivity index (χ1v) is 7.07. The molecule has 1 aromatic carbocycles. The zero-order chi connectivity index (χ0) is 13.4. The van der Waals surface area contributed by atoms with Crippen molar-refractivity contribution in [2.45, 2.75) is 16.7 Å². The Bertz CT molecular complexity index is 675. The molecule has 0 bridgehead atoms. The molecule has 18 heavy (non-hydrogen) atoms. The summed E-state index contributed by atoms with van der Waals surface area (Å²) in [6.45, 7) is 4.82. The molecule has 0 amide bonds. The molecule has 0 atom stereocenters. The van der Waals surface area contributed by atoms with Crippen LogP contribution in [0.1, 0.15) is 12.5 Å². The maximum Gasteiger partial charge on any atom is 2.00 e. The van der Waals surface area contributed by atoms with Gasteiger partial charge >= 0.3 is 37.7 Å². The van der Waals surface area contributed by atoms with E-state index in [-0.39, 0.29) is 48.9 Å². The van der Waals surface area contributed by atoms with Crippen LogP contribution < -0.4 is 0 Å². The fourth-order valence-electron chi connectivity index (χ4n) is 1.31. The van der Waals surface area contributed by atoms with Gasteiger partial charge in [-0.25, -0.2) is 16.8 Å². The average molecular weight is 316 g/mol.